The van der Waals surface area contributed by atoms with Crippen LogP contribution in [-0.2, 0) is 30.4 Å². The molecule has 0 fully saturated rings. The van der Waals surface area contributed by atoms with E-state index in [0.717, 1.165) is 72.9 Å². The molecular weight excluding hydrogens is 1090 g/mol. The summed E-state index contributed by atoms with van der Waals surface area (Å²) in [4.78, 5) is 0. The average molecular weight is 1180 g/mol. The number of aryl methyl sites for hydroxylation is 2. The smallest absolute Gasteiger partial charge is 0.237 e. The molecule has 0 unspecified atom stereocenters. The Morgan fingerprint density at radius 2 is 0.818 bits per heavy atom. The Morgan fingerprint density at radius 3 is 1.24 bits per heavy atom. The van der Waals surface area contributed by atoms with Crippen LogP contribution in [0.1, 0.15) is 163 Å². The van der Waals surface area contributed by atoms with Crippen LogP contribution in [0.3, 0.4) is 0 Å². The van der Waals surface area contributed by atoms with Gasteiger partial charge in [-0.3, -0.25) is 0 Å². The lowest BCUT2D eigenvalue weighted by Crippen LogP contribution is -2.25. The average Bonchev–Trinajstić information content (AvgIpc) is 1.94. The molecule has 0 bridgehead atoms. The summed E-state index contributed by atoms with van der Waals surface area (Å²) >= 11 is 0. The Morgan fingerprint density at radius 1 is 0.420 bits per heavy atom. The molecule has 5 nitrogen and oxygen atoms in total. The number of rotatable bonds is 14. The topological polar surface area (TPSA) is 50.8 Å². The van der Waals surface area contributed by atoms with Crippen molar-refractivity contribution >= 4 is 43.4 Å². The first-order valence-corrected chi connectivity index (χ1v) is 31.3. The summed E-state index contributed by atoms with van der Waals surface area (Å²) in [5.74, 6) is 0.429. The lowest BCUT2D eigenvalue weighted by atomic mass is 9.71. The summed E-state index contributed by atoms with van der Waals surface area (Å²) in [7, 11) is 9.14. The molecule has 460 valence electrons. The van der Waals surface area contributed by atoms with Gasteiger partial charge in [-0.2, -0.15) is 0 Å². The van der Waals surface area contributed by atoms with Gasteiger partial charge in [0.05, 0.1) is 27.8 Å². The fourth-order valence-corrected chi connectivity index (χ4v) is 14.4. The summed E-state index contributed by atoms with van der Waals surface area (Å²) in [6.07, 6.45) is 2.15. The summed E-state index contributed by atoms with van der Waals surface area (Å²) in [5, 5.41) is 32.6. The predicted molar refractivity (Wildman–Crippen MR) is 369 cm³/mol. The Kier molecular flexibility index (Phi) is 16.4. The molecule has 0 radical (unpaired) electrons. The van der Waals surface area contributed by atoms with Gasteiger partial charge < -0.3 is 23.5 Å². The molecule has 1 heterocycles. The quantitative estimate of drug-likeness (QED) is 0.0648. The van der Waals surface area contributed by atoms with E-state index in [-0.39, 0.29) is 44.0 Å². The molecular formula is C81H93F2NO4. The molecule has 10 rings (SSSR count). The molecule has 0 saturated carbocycles. The molecule has 7 heteroatoms. The van der Waals surface area contributed by atoms with Gasteiger partial charge in [0.1, 0.15) is 29.6 Å². The minimum atomic E-state index is -0.434. The maximum absolute atomic E-state index is 16.4. The van der Waals surface area contributed by atoms with Gasteiger partial charge in [0.15, 0.2) is 13.2 Å². The first kappa shape index (κ1) is 63.4. The Labute approximate surface area is 523 Å². The van der Waals surface area contributed by atoms with Crippen molar-refractivity contribution in [3.63, 3.8) is 0 Å². The van der Waals surface area contributed by atoms with Gasteiger partial charge in [0.2, 0.25) is 11.5 Å². The minimum absolute atomic E-state index is 0.0287. The van der Waals surface area contributed by atoms with Gasteiger partial charge in [-0.05, 0) is 184 Å². The van der Waals surface area contributed by atoms with E-state index in [2.05, 4.69) is 223 Å². The third kappa shape index (κ3) is 12.4. The number of hydrogen-bond donors (Lipinski definition) is 2. The second kappa shape index (κ2) is 22.7. The van der Waals surface area contributed by atoms with Gasteiger partial charge in [-0.25, -0.2) is 8.78 Å². The molecule has 0 aliphatic rings. The maximum Gasteiger partial charge on any atom is 0.237 e. The molecule has 0 spiro atoms. The summed E-state index contributed by atoms with van der Waals surface area (Å²) < 4.78 is 40.9. The van der Waals surface area contributed by atoms with Crippen molar-refractivity contribution in [1.29, 1.82) is 0 Å². The number of halogens is 2. The number of phenols is 2. The number of aromatic hydroxyl groups is 2. The highest BCUT2D eigenvalue weighted by Crippen LogP contribution is 2.54. The van der Waals surface area contributed by atoms with Crippen LogP contribution < -0.4 is 0 Å². The molecule has 1 aromatic heterocycles. The number of hydrogen-bond acceptors (Lipinski definition) is 2. The molecule has 10 aromatic rings. The van der Waals surface area contributed by atoms with Crippen molar-refractivity contribution in [2.45, 2.75) is 166 Å². The van der Waals surface area contributed by atoms with Crippen LogP contribution in [0.5, 0.6) is 23.0 Å². The highest BCUT2D eigenvalue weighted by molar-refractivity contribution is 6.14. The van der Waals surface area contributed by atoms with Gasteiger partial charge in [-0.1, -0.05) is 184 Å². The first-order chi connectivity index (χ1) is 40.9. The maximum atomic E-state index is 16.4. The van der Waals surface area contributed by atoms with Crippen LogP contribution in [0.25, 0.3) is 82.4 Å². The first-order valence-electron chi connectivity index (χ1n) is 31.3. The van der Waals surface area contributed by atoms with Crippen molar-refractivity contribution in [2.75, 3.05) is 13.2 Å². The van der Waals surface area contributed by atoms with Crippen LogP contribution >= 0.6 is 0 Å². The van der Waals surface area contributed by atoms with Crippen LogP contribution in [-0.4, -0.2) is 28.0 Å². The highest BCUT2D eigenvalue weighted by atomic mass is 19.1. The number of benzene rings is 9. The molecule has 0 amide bonds. The molecule has 0 aliphatic carbocycles. The zero-order valence-electron chi connectivity index (χ0n) is 55.6. The Balaban J connectivity index is 1.08. The molecule has 0 aliphatic heterocycles. The Hall–Kier alpha value is -7.64. The van der Waals surface area contributed by atoms with Crippen LogP contribution in [0.4, 0.5) is 8.78 Å². The number of nitrogens with zero attached hydrogens (tertiary/aromatic N) is 1. The molecule has 9 aromatic carbocycles. The number of fused-ring (bicyclic) bond motifs is 5. The van der Waals surface area contributed by atoms with Gasteiger partial charge in [0, 0.05) is 44.2 Å². The van der Waals surface area contributed by atoms with E-state index in [9.17, 15) is 10.2 Å². The highest BCUT2D eigenvalue weighted by Gasteiger charge is 2.35. The van der Waals surface area contributed by atoms with E-state index >= 15 is 8.78 Å². The third-order valence-electron chi connectivity index (χ3n) is 17.9. The van der Waals surface area contributed by atoms with E-state index in [1.54, 1.807) is 0 Å². The zero-order chi connectivity index (χ0) is 64.1. The summed E-state index contributed by atoms with van der Waals surface area (Å²) in [6.45, 7) is 40.2. The van der Waals surface area contributed by atoms with Crippen molar-refractivity contribution < 1.29 is 27.7 Å². The van der Waals surface area contributed by atoms with Crippen molar-refractivity contribution in [1.82, 2.24) is 4.57 Å². The molecule has 88 heavy (non-hydrogen) atoms. The van der Waals surface area contributed by atoms with E-state index in [4.69, 9.17) is 0 Å². The van der Waals surface area contributed by atoms with Crippen molar-refractivity contribution in [3.8, 4) is 62.1 Å². The Bertz CT molecular complexity index is 4210. The van der Waals surface area contributed by atoms with Crippen LogP contribution in [0.15, 0.2) is 140 Å². The SMILES string of the molecule is [CH2-][O+](CCC[O+]([CH2-])c1c(C)cc(F)cc1-c1cc(C(C)(C)CC(C)(C)C)cc(-n2c3cc(C(C)(C)C)ccc3c3ccc(C(C)(C)C)cc32)c1O)c1c(C)cc(F)cc1-c1cc(C(C)(C)CC(C)(C)C)cc(-c2c3ccccc3cc3ccccc23)c1O. The lowest BCUT2D eigenvalue weighted by Gasteiger charge is -2.35. The van der Waals surface area contributed by atoms with Gasteiger partial charge in [0.25, 0.3) is 0 Å². The fraction of sp³-hybridized carbons (Fsp3) is 0.358. The minimum Gasteiger partial charge on any atom is -0.711 e. The normalized spacial score (nSPS) is 13.0. The summed E-state index contributed by atoms with van der Waals surface area (Å²) in [5.41, 5.74) is 10.6. The monoisotopic (exact) mass is 1180 g/mol. The molecule has 2 N–H and O–H groups in total. The third-order valence-corrected chi connectivity index (χ3v) is 17.9. The largest absolute Gasteiger partial charge is 0.711 e. The van der Waals surface area contributed by atoms with Crippen molar-refractivity contribution in [3.05, 3.63) is 199 Å². The number of aromatic nitrogens is 1. The predicted octanol–water partition coefficient (Wildman–Crippen LogP) is 23.6. The van der Waals surface area contributed by atoms with Gasteiger partial charge in [-0.15, -0.1) is 0 Å². The molecule has 0 atom stereocenters. The summed E-state index contributed by atoms with van der Waals surface area (Å²) in [6, 6.07) is 46.6. The van der Waals surface area contributed by atoms with E-state index in [1.807, 2.05) is 44.2 Å². The van der Waals surface area contributed by atoms with E-state index in [0.29, 0.717) is 75.8 Å². The van der Waals surface area contributed by atoms with E-state index in [1.165, 1.54) is 35.4 Å². The van der Waals surface area contributed by atoms with Crippen LogP contribution in [0, 0.1) is 50.5 Å². The zero-order valence-corrected chi connectivity index (χ0v) is 55.6. The second-order valence-corrected chi connectivity index (χ2v) is 31.0. The lowest BCUT2D eigenvalue weighted by molar-refractivity contribution is -0.0170. The second-order valence-electron chi connectivity index (χ2n) is 31.0. The van der Waals surface area contributed by atoms with Gasteiger partial charge >= 0.3 is 0 Å². The van der Waals surface area contributed by atoms with E-state index < -0.39 is 11.6 Å². The molecule has 0 saturated heterocycles. The number of phenolic OH excluding ortho intramolecular Hbond substituents is 2. The van der Waals surface area contributed by atoms with Crippen molar-refractivity contribution in [2.24, 2.45) is 10.8 Å². The van der Waals surface area contributed by atoms with Crippen LogP contribution in [0.2, 0.25) is 0 Å². The fourth-order valence-electron chi connectivity index (χ4n) is 14.4. The standard InChI is InChI=1S/C81H93F2NO4/c1-49-36-57(82)45-65(63-39-55(80(15,16)47-76(3,4)5)41-67(72(63)85)71-59-28-23-21-26-51(59)38-52-27-22-24-29-60(52)71)74(49)87(19)34-25-35-88(20)75-50(2)37-58(83)46-66(75)64-40-56(81(17,18)48-77(6,7)8)44-70(73(64)86)84-68-42-53(78(9,10)11)30-32-61(68)62-33-31-54(43-69(62)84)79(12,13)14/h21-24,26-33,36-46,85-86H,19-20,25,34-35,47-48H2,1-18H3.